The van der Waals surface area contributed by atoms with Crippen LogP contribution in [0, 0.1) is 13.8 Å². The summed E-state index contributed by atoms with van der Waals surface area (Å²) in [5, 5.41) is 2.78. The summed E-state index contributed by atoms with van der Waals surface area (Å²) in [6.07, 6.45) is 4.28. The Balaban J connectivity index is 2.12. The van der Waals surface area contributed by atoms with Gasteiger partial charge in [0.2, 0.25) is 15.9 Å². The molecule has 0 atom stereocenters. The molecule has 24 heavy (non-hydrogen) atoms. The Morgan fingerprint density at radius 1 is 1.17 bits per heavy atom. The molecule has 1 aromatic carbocycles. The molecule has 128 valence electrons. The minimum atomic E-state index is -3.52. The van der Waals surface area contributed by atoms with Crippen LogP contribution >= 0.6 is 0 Å². The number of nitrogens with one attached hydrogen (secondary N) is 1. The predicted octanol–water partition coefficient (Wildman–Crippen LogP) is 2.10. The summed E-state index contributed by atoms with van der Waals surface area (Å²) in [4.78, 5) is 16.2. The number of sulfonamides is 1. The topological polar surface area (TPSA) is 79.4 Å². The van der Waals surface area contributed by atoms with Crippen LogP contribution in [0.3, 0.4) is 0 Å². The Morgan fingerprint density at radius 2 is 1.83 bits per heavy atom. The third-order valence-corrected chi connectivity index (χ3v) is 4.76. The van der Waals surface area contributed by atoms with Crippen molar-refractivity contribution in [1.29, 1.82) is 0 Å². The molecule has 0 aliphatic heterocycles. The van der Waals surface area contributed by atoms with Gasteiger partial charge in [-0.15, -0.1) is 0 Å². The summed E-state index contributed by atoms with van der Waals surface area (Å²) in [5.41, 5.74) is 3.41. The van der Waals surface area contributed by atoms with Gasteiger partial charge in [0.05, 0.1) is 12.8 Å². The van der Waals surface area contributed by atoms with Crippen LogP contribution in [-0.2, 0) is 21.4 Å². The van der Waals surface area contributed by atoms with E-state index >= 15 is 0 Å². The van der Waals surface area contributed by atoms with E-state index in [0.717, 1.165) is 27.3 Å². The first-order valence-electron chi connectivity index (χ1n) is 7.47. The fraction of sp³-hybridized carbons (Fsp3) is 0.294. The number of anilines is 1. The van der Waals surface area contributed by atoms with Crippen LogP contribution in [0.2, 0.25) is 0 Å². The third kappa shape index (κ3) is 5.14. The summed E-state index contributed by atoms with van der Waals surface area (Å²) in [5.74, 6) is -0.372. The summed E-state index contributed by atoms with van der Waals surface area (Å²) < 4.78 is 25.1. The Labute approximate surface area is 142 Å². The van der Waals surface area contributed by atoms with Crippen molar-refractivity contribution in [3.8, 4) is 0 Å². The average Bonchev–Trinajstić information content (AvgIpc) is 2.50. The number of carbonyl (C=O) groups excluding carboxylic acids is 1. The molecule has 1 heterocycles. The highest BCUT2D eigenvalue weighted by molar-refractivity contribution is 7.88. The van der Waals surface area contributed by atoms with Gasteiger partial charge >= 0.3 is 0 Å². The number of aryl methyl sites for hydroxylation is 2. The molecule has 0 unspecified atom stereocenters. The van der Waals surface area contributed by atoms with Crippen molar-refractivity contribution in [3.05, 3.63) is 59.4 Å². The maximum atomic E-state index is 12.3. The fourth-order valence-corrected chi connectivity index (χ4v) is 2.94. The molecule has 0 aliphatic rings. The normalized spacial score (nSPS) is 11.5. The van der Waals surface area contributed by atoms with E-state index < -0.39 is 10.0 Å². The first-order valence-corrected chi connectivity index (χ1v) is 9.31. The highest BCUT2D eigenvalue weighted by atomic mass is 32.2. The Kier molecular flexibility index (Phi) is 5.69. The van der Waals surface area contributed by atoms with Crippen LogP contribution in [0.25, 0.3) is 0 Å². The van der Waals surface area contributed by atoms with E-state index in [1.807, 2.05) is 32.0 Å². The number of hydrogen-bond acceptors (Lipinski definition) is 4. The zero-order chi connectivity index (χ0) is 17.7. The van der Waals surface area contributed by atoms with E-state index in [1.54, 1.807) is 24.5 Å². The van der Waals surface area contributed by atoms with Gasteiger partial charge < -0.3 is 5.32 Å². The van der Waals surface area contributed by atoms with Gasteiger partial charge in [-0.2, -0.15) is 4.31 Å². The van der Waals surface area contributed by atoms with Crippen molar-refractivity contribution in [1.82, 2.24) is 9.29 Å². The molecule has 0 bridgehead atoms. The number of aromatic nitrogens is 1. The van der Waals surface area contributed by atoms with E-state index in [1.165, 1.54) is 0 Å². The minimum Gasteiger partial charge on any atom is -0.325 e. The number of benzene rings is 1. The zero-order valence-electron chi connectivity index (χ0n) is 14.0. The highest BCUT2D eigenvalue weighted by Crippen LogP contribution is 2.16. The predicted molar refractivity (Wildman–Crippen MR) is 94.0 cm³/mol. The molecule has 0 fully saturated rings. The maximum Gasteiger partial charge on any atom is 0.239 e. The van der Waals surface area contributed by atoms with Gasteiger partial charge in [-0.1, -0.05) is 12.1 Å². The fourth-order valence-electron chi connectivity index (χ4n) is 2.20. The maximum absolute atomic E-state index is 12.3. The quantitative estimate of drug-likeness (QED) is 0.868. The molecule has 1 aromatic heterocycles. The van der Waals surface area contributed by atoms with Crippen LogP contribution in [0.5, 0.6) is 0 Å². The van der Waals surface area contributed by atoms with Gasteiger partial charge in [0.15, 0.2) is 0 Å². The van der Waals surface area contributed by atoms with Crippen molar-refractivity contribution < 1.29 is 13.2 Å². The second kappa shape index (κ2) is 7.55. The van der Waals surface area contributed by atoms with E-state index in [-0.39, 0.29) is 19.0 Å². The largest absolute Gasteiger partial charge is 0.325 e. The zero-order valence-corrected chi connectivity index (χ0v) is 14.8. The minimum absolute atomic E-state index is 0.127. The average molecular weight is 347 g/mol. The smallest absolute Gasteiger partial charge is 0.239 e. The molecule has 2 aromatic rings. The highest BCUT2D eigenvalue weighted by Gasteiger charge is 2.21. The number of rotatable bonds is 6. The van der Waals surface area contributed by atoms with Crippen molar-refractivity contribution in [3.63, 3.8) is 0 Å². The van der Waals surface area contributed by atoms with Gasteiger partial charge in [-0.05, 0) is 48.7 Å². The number of pyridine rings is 1. The number of nitrogens with zero attached hydrogens (tertiary/aromatic N) is 2. The van der Waals surface area contributed by atoms with Crippen LogP contribution in [0.15, 0.2) is 42.7 Å². The van der Waals surface area contributed by atoms with E-state index in [4.69, 9.17) is 0 Å². The molecule has 0 saturated carbocycles. The summed E-state index contributed by atoms with van der Waals surface area (Å²) in [6.45, 7) is 3.71. The van der Waals surface area contributed by atoms with Gasteiger partial charge in [-0.3, -0.25) is 9.78 Å². The second-order valence-corrected chi connectivity index (χ2v) is 7.74. The standard InChI is InChI=1S/C17H21N3O3S/c1-13-4-5-14(2)16(10-13)19-17(21)12-20(24(3,22)23)11-15-6-8-18-9-7-15/h4-10H,11-12H2,1-3H3,(H,19,21). The lowest BCUT2D eigenvalue weighted by Crippen LogP contribution is -2.37. The molecule has 1 N–H and O–H groups in total. The first-order chi connectivity index (χ1) is 11.3. The molecule has 6 nitrogen and oxygen atoms in total. The SMILES string of the molecule is Cc1ccc(C)c(NC(=O)CN(Cc2ccncc2)S(C)(=O)=O)c1. The molecule has 0 saturated heterocycles. The Hall–Kier alpha value is -2.25. The van der Waals surface area contributed by atoms with Crippen molar-refractivity contribution in [2.75, 3.05) is 18.1 Å². The molecule has 0 aliphatic carbocycles. The van der Waals surface area contributed by atoms with Crippen molar-refractivity contribution in [2.24, 2.45) is 0 Å². The molecule has 7 heteroatoms. The Bertz CT molecular complexity index is 820. The second-order valence-electron chi connectivity index (χ2n) is 5.75. The molecule has 0 spiro atoms. The van der Waals surface area contributed by atoms with Crippen LogP contribution in [-0.4, -0.2) is 36.4 Å². The number of amides is 1. The van der Waals surface area contributed by atoms with Crippen molar-refractivity contribution >= 4 is 21.6 Å². The van der Waals surface area contributed by atoms with E-state index in [2.05, 4.69) is 10.3 Å². The van der Waals surface area contributed by atoms with Gasteiger partial charge in [0, 0.05) is 24.6 Å². The number of carbonyl (C=O) groups is 1. The lowest BCUT2D eigenvalue weighted by atomic mass is 10.1. The summed E-state index contributed by atoms with van der Waals surface area (Å²) in [6, 6.07) is 9.18. The lowest BCUT2D eigenvalue weighted by Gasteiger charge is -2.20. The monoisotopic (exact) mass is 347 g/mol. The molecule has 2 rings (SSSR count). The van der Waals surface area contributed by atoms with Crippen LogP contribution in [0.1, 0.15) is 16.7 Å². The molecular formula is C17H21N3O3S. The lowest BCUT2D eigenvalue weighted by molar-refractivity contribution is -0.116. The van der Waals surface area contributed by atoms with Gasteiger partial charge in [-0.25, -0.2) is 8.42 Å². The number of hydrogen-bond donors (Lipinski definition) is 1. The van der Waals surface area contributed by atoms with E-state index in [0.29, 0.717) is 5.69 Å². The van der Waals surface area contributed by atoms with Crippen LogP contribution in [0.4, 0.5) is 5.69 Å². The van der Waals surface area contributed by atoms with Crippen LogP contribution < -0.4 is 5.32 Å². The molecule has 1 amide bonds. The summed E-state index contributed by atoms with van der Waals surface area (Å²) in [7, 11) is -3.52. The first kappa shape index (κ1) is 18.1. The van der Waals surface area contributed by atoms with Crippen molar-refractivity contribution in [2.45, 2.75) is 20.4 Å². The van der Waals surface area contributed by atoms with Gasteiger partial charge in [0.25, 0.3) is 0 Å². The Morgan fingerprint density at radius 3 is 2.46 bits per heavy atom. The molecular weight excluding hydrogens is 326 g/mol. The third-order valence-electron chi connectivity index (χ3n) is 3.56. The van der Waals surface area contributed by atoms with Gasteiger partial charge in [0.1, 0.15) is 0 Å². The molecule has 0 radical (unpaired) electrons. The summed E-state index contributed by atoms with van der Waals surface area (Å²) >= 11 is 0. The van der Waals surface area contributed by atoms with E-state index in [9.17, 15) is 13.2 Å².